The Balaban J connectivity index is 2.25. The number of ether oxygens (including phenoxy) is 2. The average Bonchev–Trinajstić information content (AvgIpc) is 2.94. The van der Waals surface area contributed by atoms with E-state index in [0.29, 0.717) is 12.8 Å². The summed E-state index contributed by atoms with van der Waals surface area (Å²) in [5.41, 5.74) is -0.00253. The van der Waals surface area contributed by atoms with E-state index in [2.05, 4.69) is 5.32 Å². The molecule has 0 bridgehead atoms. The molecule has 7 nitrogen and oxygen atoms in total. The Bertz CT molecular complexity index is 679. The minimum absolute atomic E-state index is 0.0584. The highest BCUT2D eigenvalue weighted by molar-refractivity contribution is 6.23. The predicted octanol–water partition coefficient (Wildman–Crippen LogP) is 3.26. The molecule has 0 unspecified atom stereocenters. The van der Waals surface area contributed by atoms with Crippen molar-refractivity contribution >= 4 is 23.8 Å². The minimum Gasteiger partial charge on any atom is -0.462 e. The maximum Gasteiger partial charge on any atom is 0.339 e. The summed E-state index contributed by atoms with van der Waals surface area (Å²) in [7, 11) is 0. The number of carbonyl (C=O) groups is 4. The molecule has 1 N–H and O–H groups in total. The highest BCUT2D eigenvalue weighted by Crippen LogP contribution is 2.23. The third-order valence-corrected chi connectivity index (χ3v) is 4.28. The molecular weight excluding hydrogens is 350 g/mol. The zero-order valence-corrected chi connectivity index (χ0v) is 15.8. The molecule has 1 aromatic carbocycles. The van der Waals surface area contributed by atoms with E-state index in [4.69, 9.17) is 9.47 Å². The topological polar surface area (TPSA) is 98.8 Å². The summed E-state index contributed by atoms with van der Waals surface area (Å²) in [5, 5.41) is 2.15. The van der Waals surface area contributed by atoms with Gasteiger partial charge in [0.05, 0.1) is 35.5 Å². The summed E-state index contributed by atoms with van der Waals surface area (Å²) in [6.07, 6.45) is 5.22. The van der Waals surface area contributed by atoms with Gasteiger partial charge in [-0.1, -0.05) is 39.5 Å². The van der Waals surface area contributed by atoms with Crippen molar-refractivity contribution in [1.29, 1.82) is 0 Å². The van der Waals surface area contributed by atoms with E-state index in [-0.39, 0.29) is 35.5 Å². The molecule has 2 amide bonds. The molecule has 0 radical (unpaired) electrons. The molecule has 27 heavy (non-hydrogen) atoms. The summed E-state index contributed by atoms with van der Waals surface area (Å²) in [4.78, 5) is 48.7. The standard InChI is InChI=1S/C20H25NO6/c1-3-5-7-9-26-19(24)15-11-13-14(18(23)21-17(13)22)12-16(15)20(25)27-10-8-6-4-2/h11-12H,3-10H2,1-2H3,(H,21,22,23). The van der Waals surface area contributed by atoms with Gasteiger partial charge in [0.15, 0.2) is 0 Å². The highest BCUT2D eigenvalue weighted by Gasteiger charge is 2.32. The quantitative estimate of drug-likeness (QED) is 0.383. The number of carbonyl (C=O) groups excluding carboxylic acids is 4. The highest BCUT2D eigenvalue weighted by atomic mass is 16.5. The number of benzene rings is 1. The third kappa shape index (κ3) is 5.15. The van der Waals surface area contributed by atoms with Gasteiger partial charge in [0.25, 0.3) is 11.8 Å². The fraction of sp³-hybridized carbons (Fsp3) is 0.500. The molecule has 0 aromatic heterocycles. The number of hydrogen-bond donors (Lipinski definition) is 1. The molecule has 0 atom stereocenters. The first kappa shape index (κ1) is 20.6. The molecule has 0 aliphatic carbocycles. The Hall–Kier alpha value is -2.70. The maximum atomic E-state index is 12.5. The molecule has 0 saturated carbocycles. The molecule has 0 saturated heterocycles. The Morgan fingerprint density at radius 1 is 0.778 bits per heavy atom. The fourth-order valence-electron chi connectivity index (χ4n) is 2.74. The average molecular weight is 375 g/mol. The van der Waals surface area contributed by atoms with Gasteiger partial charge in [-0.15, -0.1) is 0 Å². The second-order valence-corrected chi connectivity index (χ2v) is 6.41. The lowest BCUT2D eigenvalue weighted by Crippen LogP contribution is -2.19. The van der Waals surface area contributed by atoms with Crippen molar-refractivity contribution in [1.82, 2.24) is 5.32 Å². The van der Waals surface area contributed by atoms with Gasteiger partial charge in [0.2, 0.25) is 0 Å². The zero-order valence-electron chi connectivity index (χ0n) is 15.8. The Morgan fingerprint density at radius 2 is 1.19 bits per heavy atom. The molecule has 1 aliphatic heterocycles. The molecule has 2 rings (SSSR count). The third-order valence-electron chi connectivity index (χ3n) is 4.28. The number of fused-ring (bicyclic) bond motifs is 1. The van der Waals surface area contributed by atoms with E-state index in [1.54, 1.807) is 0 Å². The van der Waals surface area contributed by atoms with Gasteiger partial charge in [-0.3, -0.25) is 14.9 Å². The van der Waals surface area contributed by atoms with Gasteiger partial charge >= 0.3 is 11.9 Å². The Kier molecular flexibility index (Phi) is 7.52. The number of unbranched alkanes of at least 4 members (excludes halogenated alkanes) is 4. The molecule has 0 fully saturated rings. The number of nitrogens with one attached hydrogen (secondary N) is 1. The van der Waals surface area contributed by atoms with E-state index in [1.807, 2.05) is 13.8 Å². The van der Waals surface area contributed by atoms with Crippen molar-refractivity contribution in [3.05, 3.63) is 34.4 Å². The Morgan fingerprint density at radius 3 is 1.56 bits per heavy atom. The van der Waals surface area contributed by atoms with E-state index in [9.17, 15) is 19.2 Å². The van der Waals surface area contributed by atoms with Crippen LogP contribution in [0.1, 0.15) is 93.8 Å². The summed E-state index contributed by atoms with van der Waals surface area (Å²) in [6.45, 7) is 4.51. The maximum absolute atomic E-state index is 12.5. The van der Waals surface area contributed by atoms with Crippen molar-refractivity contribution in [2.24, 2.45) is 0 Å². The van der Waals surface area contributed by atoms with E-state index in [0.717, 1.165) is 25.7 Å². The summed E-state index contributed by atoms with van der Waals surface area (Å²) >= 11 is 0. The zero-order chi connectivity index (χ0) is 19.8. The van der Waals surface area contributed by atoms with Gasteiger partial charge < -0.3 is 9.47 Å². The minimum atomic E-state index is -0.707. The number of imide groups is 1. The van der Waals surface area contributed by atoms with Crippen LogP contribution in [0.4, 0.5) is 0 Å². The molecule has 1 heterocycles. The Labute approximate surface area is 158 Å². The lowest BCUT2D eigenvalue weighted by molar-refractivity contribution is 0.0450. The van der Waals surface area contributed by atoms with Gasteiger partial charge in [0.1, 0.15) is 0 Å². The lowest BCUT2D eigenvalue weighted by atomic mass is 9.99. The van der Waals surface area contributed by atoms with Crippen LogP contribution >= 0.6 is 0 Å². The van der Waals surface area contributed by atoms with E-state index in [1.165, 1.54) is 12.1 Å². The van der Waals surface area contributed by atoms with Crippen molar-refractivity contribution in [3.63, 3.8) is 0 Å². The van der Waals surface area contributed by atoms with Gasteiger partial charge in [-0.05, 0) is 25.0 Å². The molecule has 1 aromatic rings. The summed E-state index contributed by atoms with van der Waals surface area (Å²) in [6, 6.07) is 2.47. The molecule has 7 heteroatoms. The van der Waals surface area contributed by atoms with Crippen LogP contribution in [-0.2, 0) is 9.47 Å². The van der Waals surface area contributed by atoms with Gasteiger partial charge in [-0.25, -0.2) is 9.59 Å². The molecule has 1 aliphatic rings. The van der Waals surface area contributed by atoms with Crippen LogP contribution in [0, 0.1) is 0 Å². The fourth-order valence-corrected chi connectivity index (χ4v) is 2.74. The van der Waals surface area contributed by atoms with Crippen molar-refractivity contribution in [2.45, 2.75) is 52.4 Å². The normalized spacial score (nSPS) is 12.5. The van der Waals surface area contributed by atoms with Crippen LogP contribution in [-0.4, -0.2) is 37.0 Å². The van der Waals surface area contributed by atoms with Crippen LogP contribution in [0.5, 0.6) is 0 Å². The van der Waals surface area contributed by atoms with Crippen molar-refractivity contribution < 1.29 is 28.7 Å². The summed E-state index contributed by atoms with van der Waals surface area (Å²) < 4.78 is 10.4. The number of esters is 2. The first-order valence-electron chi connectivity index (χ1n) is 9.37. The number of rotatable bonds is 10. The van der Waals surface area contributed by atoms with Crippen LogP contribution in [0.2, 0.25) is 0 Å². The first-order chi connectivity index (χ1) is 13.0. The van der Waals surface area contributed by atoms with Crippen LogP contribution < -0.4 is 5.32 Å². The van der Waals surface area contributed by atoms with E-state index >= 15 is 0 Å². The molecular formula is C20H25NO6. The smallest absolute Gasteiger partial charge is 0.339 e. The van der Waals surface area contributed by atoms with Crippen LogP contribution in [0.3, 0.4) is 0 Å². The predicted molar refractivity (Wildman–Crippen MR) is 97.9 cm³/mol. The van der Waals surface area contributed by atoms with Crippen LogP contribution in [0.25, 0.3) is 0 Å². The van der Waals surface area contributed by atoms with Crippen LogP contribution in [0.15, 0.2) is 12.1 Å². The lowest BCUT2D eigenvalue weighted by Gasteiger charge is -2.11. The van der Waals surface area contributed by atoms with E-state index < -0.39 is 23.8 Å². The number of hydrogen-bond acceptors (Lipinski definition) is 6. The summed E-state index contributed by atoms with van der Waals surface area (Å²) in [5.74, 6) is -2.61. The number of amides is 2. The van der Waals surface area contributed by atoms with Crippen molar-refractivity contribution in [3.8, 4) is 0 Å². The molecule has 0 spiro atoms. The molecule has 146 valence electrons. The monoisotopic (exact) mass is 375 g/mol. The van der Waals surface area contributed by atoms with Gasteiger partial charge in [-0.2, -0.15) is 0 Å². The van der Waals surface area contributed by atoms with Crippen molar-refractivity contribution in [2.75, 3.05) is 13.2 Å². The first-order valence-corrected chi connectivity index (χ1v) is 9.37. The largest absolute Gasteiger partial charge is 0.462 e. The SMILES string of the molecule is CCCCCOC(=O)c1cc2c(cc1C(=O)OCCCCC)C(=O)NC2=O. The second kappa shape index (κ2) is 9.85. The second-order valence-electron chi connectivity index (χ2n) is 6.41. The van der Waals surface area contributed by atoms with Gasteiger partial charge in [0, 0.05) is 0 Å².